The quantitative estimate of drug-likeness (QED) is 0.429. The number of thioether (sulfide) groups is 1. The van der Waals surface area contributed by atoms with Gasteiger partial charge in [-0.3, -0.25) is 19.3 Å². The molecule has 3 N–H and O–H groups in total. The van der Waals surface area contributed by atoms with Crippen LogP contribution in [0.15, 0.2) is 57.8 Å². The standard InChI is InChI=1S/C22H17ClN4O4S3/c1-31-17-5-4-12(9-15(17)23)27-21(30)16(10-13-3-2-7-32-13)25-22(27)34-11-18(28)26-20-14(19(24)29)6-8-33-20/h2-10H,11H2,1H3,(H2,24,29)(H,26,28)/b16-10+. The summed E-state index contributed by atoms with van der Waals surface area (Å²) in [5.74, 6) is -0.908. The maximum Gasteiger partial charge on any atom is 0.283 e. The average Bonchev–Trinajstić information content (AvgIpc) is 3.54. The average molecular weight is 533 g/mol. The molecule has 0 saturated heterocycles. The molecule has 174 valence electrons. The van der Waals surface area contributed by atoms with Gasteiger partial charge in [-0.15, -0.1) is 22.7 Å². The molecule has 34 heavy (non-hydrogen) atoms. The monoisotopic (exact) mass is 532 g/mol. The largest absolute Gasteiger partial charge is 0.495 e. The van der Waals surface area contributed by atoms with Gasteiger partial charge in [-0.05, 0) is 47.2 Å². The molecule has 2 aromatic heterocycles. The van der Waals surface area contributed by atoms with Gasteiger partial charge in [0.05, 0.1) is 29.1 Å². The number of carbonyl (C=O) groups is 3. The summed E-state index contributed by atoms with van der Waals surface area (Å²) in [5, 5.41) is 7.29. The Bertz CT molecular complexity index is 1320. The fourth-order valence-corrected chi connectivity index (χ4v) is 5.54. The summed E-state index contributed by atoms with van der Waals surface area (Å²) < 4.78 is 5.20. The lowest BCUT2D eigenvalue weighted by molar-refractivity contribution is -0.114. The Labute approximate surface area is 212 Å². The van der Waals surface area contributed by atoms with Crippen LogP contribution in [0.4, 0.5) is 10.7 Å². The number of ether oxygens (including phenoxy) is 1. The molecule has 0 saturated carbocycles. The number of hydrogen-bond donors (Lipinski definition) is 2. The minimum Gasteiger partial charge on any atom is -0.495 e. The number of anilines is 2. The van der Waals surface area contributed by atoms with Crippen LogP contribution in [-0.4, -0.2) is 35.8 Å². The Hall–Kier alpha value is -3.12. The molecule has 4 rings (SSSR count). The summed E-state index contributed by atoms with van der Waals surface area (Å²) in [4.78, 5) is 44.1. The van der Waals surface area contributed by atoms with Crippen molar-refractivity contribution in [2.24, 2.45) is 10.7 Å². The molecule has 0 bridgehead atoms. The summed E-state index contributed by atoms with van der Waals surface area (Å²) >= 11 is 10.0. The van der Waals surface area contributed by atoms with Gasteiger partial charge in [0, 0.05) is 4.88 Å². The molecular formula is C22H17ClN4O4S3. The molecular weight excluding hydrogens is 516 g/mol. The van der Waals surface area contributed by atoms with E-state index in [1.54, 1.807) is 35.7 Å². The Morgan fingerprint density at radius 1 is 1.26 bits per heavy atom. The summed E-state index contributed by atoms with van der Waals surface area (Å²) in [6.07, 6.45) is 1.70. The van der Waals surface area contributed by atoms with E-state index >= 15 is 0 Å². The molecule has 12 heteroatoms. The SMILES string of the molecule is COc1ccc(N2C(=O)/C(=C\c3cccs3)N=C2SCC(=O)Nc2sccc2C(N)=O)cc1Cl. The maximum atomic E-state index is 13.2. The minimum absolute atomic E-state index is 0.0467. The number of nitrogens with zero attached hydrogens (tertiary/aromatic N) is 2. The Kier molecular flexibility index (Phi) is 7.37. The second-order valence-electron chi connectivity index (χ2n) is 6.76. The first-order chi connectivity index (χ1) is 16.4. The van der Waals surface area contributed by atoms with Crippen LogP contribution in [0.2, 0.25) is 5.02 Å². The van der Waals surface area contributed by atoms with Gasteiger partial charge in [-0.1, -0.05) is 29.4 Å². The van der Waals surface area contributed by atoms with E-state index in [0.717, 1.165) is 16.6 Å². The molecule has 3 aromatic rings. The van der Waals surface area contributed by atoms with E-state index in [1.165, 1.54) is 34.7 Å². The lowest BCUT2D eigenvalue weighted by Gasteiger charge is -2.18. The first-order valence-electron chi connectivity index (χ1n) is 9.69. The fraction of sp³-hybridized carbons (Fsp3) is 0.0909. The van der Waals surface area contributed by atoms with Crippen molar-refractivity contribution in [2.75, 3.05) is 23.1 Å². The second-order valence-corrected chi connectivity index (χ2v) is 10.0. The normalized spacial score (nSPS) is 14.4. The van der Waals surface area contributed by atoms with Gasteiger partial charge >= 0.3 is 0 Å². The topological polar surface area (TPSA) is 114 Å². The molecule has 1 aromatic carbocycles. The Morgan fingerprint density at radius 2 is 2.09 bits per heavy atom. The van der Waals surface area contributed by atoms with Crippen LogP contribution < -0.4 is 20.7 Å². The minimum atomic E-state index is -0.624. The fourth-order valence-electron chi connectivity index (χ4n) is 3.02. The highest BCUT2D eigenvalue weighted by Crippen LogP contribution is 2.34. The number of nitrogens with two attached hydrogens (primary N) is 1. The van der Waals surface area contributed by atoms with Crippen molar-refractivity contribution in [1.82, 2.24) is 0 Å². The molecule has 0 atom stereocenters. The number of carbonyl (C=O) groups excluding carboxylic acids is 3. The van der Waals surface area contributed by atoms with Gasteiger partial charge in [0.2, 0.25) is 5.91 Å². The van der Waals surface area contributed by atoms with Crippen LogP contribution in [0.3, 0.4) is 0 Å². The molecule has 0 unspecified atom stereocenters. The number of rotatable bonds is 7. The van der Waals surface area contributed by atoms with E-state index in [2.05, 4.69) is 10.3 Å². The maximum absolute atomic E-state index is 13.2. The summed E-state index contributed by atoms with van der Waals surface area (Å²) in [6.45, 7) is 0. The number of amides is 3. The second kappa shape index (κ2) is 10.4. The lowest BCUT2D eigenvalue weighted by Crippen LogP contribution is -2.31. The lowest BCUT2D eigenvalue weighted by atomic mass is 10.2. The van der Waals surface area contributed by atoms with Gasteiger partial charge in [-0.25, -0.2) is 4.99 Å². The van der Waals surface area contributed by atoms with Crippen LogP contribution in [0.1, 0.15) is 15.2 Å². The number of aliphatic imine (C=N–C) groups is 1. The number of halogens is 1. The molecule has 1 aliphatic rings. The van der Waals surface area contributed by atoms with Crippen molar-refractivity contribution in [3.8, 4) is 5.75 Å². The van der Waals surface area contributed by atoms with Gasteiger partial charge in [0.25, 0.3) is 11.8 Å². The van der Waals surface area contributed by atoms with E-state index in [-0.39, 0.29) is 28.8 Å². The number of hydrogen-bond acceptors (Lipinski definition) is 8. The number of amidine groups is 1. The van der Waals surface area contributed by atoms with Crippen molar-refractivity contribution in [3.63, 3.8) is 0 Å². The zero-order valence-corrected chi connectivity index (χ0v) is 20.8. The first kappa shape index (κ1) is 24.0. The van der Waals surface area contributed by atoms with E-state index in [1.807, 2.05) is 17.5 Å². The molecule has 0 radical (unpaired) electrons. The Balaban J connectivity index is 1.58. The summed E-state index contributed by atoms with van der Waals surface area (Å²) in [5.41, 5.74) is 6.31. The highest BCUT2D eigenvalue weighted by Gasteiger charge is 2.33. The van der Waals surface area contributed by atoms with Crippen LogP contribution in [0.5, 0.6) is 5.75 Å². The summed E-state index contributed by atoms with van der Waals surface area (Å²) in [7, 11) is 1.50. The molecule has 0 aliphatic carbocycles. The number of methoxy groups -OCH3 is 1. The van der Waals surface area contributed by atoms with E-state index < -0.39 is 5.91 Å². The molecule has 0 spiro atoms. The Morgan fingerprint density at radius 3 is 2.76 bits per heavy atom. The van der Waals surface area contributed by atoms with E-state index in [0.29, 0.717) is 26.6 Å². The molecule has 0 fully saturated rings. The highest BCUT2D eigenvalue weighted by molar-refractivity contribution is 8.14. The van der Waals surface area contributed by atoms with Gasteiger partial charge in [0.15, 0.2) is 5.17 Å². The van der Waals surface area contributed by atoms with Crippen molar-refractivity contribution in [3.05, 3.63) is 68.3 Å². The predicted octanol–water partition coefficient (Wildman–Crippen LogP) is 4.69. The van der Waals surface area contributed by atoms with Gasteiger partial charge < -0.3 is 15.8 Å². The number of nitrogens with one attached hydrogen (secondary N) is 1. The van der Waals surface area contributed by atoms with E-state index in [9.17, 15) is 14.4 Å². The van der Waals surface area contributed by atoms with E-state index in [4.69, 9.17) is 22.1 Å². The number of primary amides is 1. The van der Waals surface area contributed by atoms with Crippen LogP contribution >= 0.6 is 46.0 Å². The molecule has 8 nitrogen and oxygen atoms in total. The van der Waals surface area contributed by atoms with Crippen molar-refractivity contribution in [2.45, 2.75) is 0 Å². The molecule has 3 heterocycles. The third-order valence-electron chi connectivity index (χ3n) is 4.56. The van der Waals surface area contributed by atoms with Crippen LogP contribution in [-0.2, 0) is 9.59 Å². The van der Waals surface area contributed by atoms with Gasteiger partial charge in [0.1, 0.15) is 16.4 Å². The van der Waals surface area contributed by atoms with Crippen molar-refractivity contribution in [1.29, 1.82) is 0 Å². The third-order valence-corrected chi connectivity index (χ3v) is 7.44. The highest BCUT2D eigenvalue weighted by atomic mass is 35.5. The first-order valence-corrected chi connectivity index (χ1v) is 12.8. The third kappa shape index (κ3) is 5.17. The molecule has 1 aliphatic heterocycles. The summed E-state index contributed by atoms with van der Waals surface area (Å²) in [6, 6.07) is 10.3. The van der Waals surface area contributed by atoms with Crippen LogP contribution in [0.25, 0.3) is 6.08 Å². The van der Waals surface area contributed by atoms with Crippen molar-refractivity contribution < 1.29 is 19.1 Å². The van der Waals surface area contributed by atoms with Crippen molar-refractivity contribution >= 4 is 85.7 Å². The van der Waals surface area contributed by atoms with Gasteiger partial charge in [-0.2, -0.15) is 0 Å². The predicted molar refractivity (Wildman–Crippen MR) is 139 cm³/mol. The smallest absolute Gasteiger partial charge is 0.283 e. The zero-order valence-electron chi connectivity index (χ0n) is 17.6. The number of thiophene rings is 2. The zero-order chi connectivity index (χ0) is 24.2. The van der Waals surface area contributed by atoms with Crippen LogP contribution in [0, 0.1) is 0 Å². The number of benzene rings is 1. The molecule has 3 amide bonds.